The summed E-state index contributed by atoms with van der Waals surface area (Å²) >= 11 is 0. The number of carbonyl (C=O) groups excluding carboxylic acids is 1. The molecule has 3 heterocycles. The van der Waals surface area contributed by atoms with Crippen LogP contribution in [0.2, 0.25) is 0 Å². The van der Waals surface area contributed by atoms with Crippen molar-refractivity contribution in [1.82, 2.24) is 19.4 Å². The molecule has 1 aliphatic heterocycles. The molecule has 0 aliphatic carbocycles. The Kier molecular flexibility index (Phi) is 5.61. The van der Waals surface area contributed by atoms with Crippen LogP contribution in [0.1, 0.15) is 24.2 Å². The lowest BCUT2D eigenvalue weighted by atomic mass is 9.98. The molecule has 1 amide bonds. The number of imidazole rings is 1. The molecule has 1 fully saturated rings. The van der Waals surface area contributed by atoms with Gasteiger partial charge in [0, 0.05) is 25.8 Å². The number of hydrogen-bond acceptors (Lipinski definition) is 4. The summed E-state index contributed by atoms with van der Waals surface area (Å²) in [6.45, 7) is 1.11. The maximum Gasteiger partial charge on any atom is 0.449 e. The van der Waals surface area contributed by atoms with Crippen molar-refractivity contribution in [2.45, 2.75) is 32.2 Å². The summed E-state index contributed by atoms with van der Waals surface area (Å²) in [6.07, 6.45) is -2.16. The van der Waals surface area contributed by atoms with E-state index in [0.29, 0.717) is 25.9 Å². The fourth-order valence-corrected chi connectivity index (χ4v) is 3.80. The highest BCUT2D eigenvalue weighted by atomic mass is 19.4. The molecule has 0 radical (unpaired) electrons. The molecule has 1 atom stereocenters. The maximum atomic E-state index is 13.5. The van der Waals surface area contributed by atoms with Crippen LogP contribution >= 0.6 is 0 Å². The Balaban J connectivity index is 1.46. The zero-order chi connectivity index (χ0) is 21.1. The van der Waals surface area contributed by atoms with Crippen LogP contribution in [-0.2, 0) is 24.1 Å². The van der Waals surface area contributed by atoms with E-state index in [9.17, 15) is 18.0 Å². The number of amides is 1. The van der Waals surface area contributed by atoms with E-state index < -0.39 is 18.1 Å². The third kappa shape index (κ3) is 4.39. The number of alkyl halides is 3. The van der Waals surface area contributed by atoms with E-state index >= 15 is 0 Å². The van der Waals surface area contributed by atoms with Gasteiger partial charge in [0.05, 0.1) is 0 Å². The predicted molar refractivity (Wildman–Crippen MR) is 103 cm³/mol. The molecule has 30 heavy (non-hydrogen) atoms. The SMILES string of the molecule is O=C(OCc1ccccc1)N1CCC[C@H](Cn2c(C(F)(F)F)nc3cccnc32)C1. The number of aromatic nitrogens is 3. The summed E-state index contributed by atoms with van der Waals surface area (Å²) in [5.74, 6) is -1.11. The van der Waals surface area contributed by atoms with Crippen LogP contribution in [0, 0.1) is 5.92 Å². The van der Waals surface area contributed by atoms with Crippen LogP contribution in [0.4, 0.5) is 18.0 Å². The molecule has 1 aliphatic rings. The summed E-state index contributed by atoms with van der Waals surface area (Å²) in [5, 5.41) is 0. The average molecular weight is 418 g/mol. The first-order valence-electron chi connectivity index (χ1n) is 9.76. The number of hydrogen-bond donors (Lipinski definition) is 0. The smallest absolute Gasteiger partial charge is 0.445 e. The van der Waals surface area contributed by atoms with Gasteiger partial charge in [-0.2, -0.15) is 13.2 Å². The lowest BCUT2D eigenvalue weighted by Gasteiger charge is -2.32. The highest BCUT2D eigenvalue weighted by Crippen LogP contribution is 2.32. The monoisotopic (exact) mass is 418 g/mol. The zero-order valence-corrected chi connectivity index (χ0v) is 16.2. The van der Waals surface area contributed by atoms with E-state index in [1.165, 1.54) is 12.3 Å². The van der Waals surface area contributed by atoms with Gasteiger partial charge in [0.1, 0.15) is 12.1 Å². The molecule has 0 spiro atoms. The Labute approximate surface area is 171 Å². The molecular weight excluding hydrogens is 397 g/mol. The number of likely N-dealkylation sites (tertiary alicyclic amines) is 1. The fraction of sp³-hybridized carbons (Fsp3) is 0.381. The van der Waals surface area contributed by atoms with Gasteiger partial charge in [-0.25, -0.2) is 14.8 Å². The number of benzene rings is 1. The highest BCUT2D eigenvalue weighted by Gasteiger charge is 2.38. The van der Waals surface area contributed by atoms with Gasteiger partial charge in [-0.1, -0.05) is 30.3 Å². The fourth-order valence-electron chi connectivity index (χ4n) is 3.80. The molecule has 1 aromatic carbocycles. The first-order valence-corrected chi connectivity index (χ1v) is 9.76. The lowest BCUT2D eigenvalue weighted by Crippen LogP contribution is -2.41. The van der Waals surface area contributed by atoms with Crippen molar-refractivity contribution in [3.05, 3.63) is 60.0 Å². The zero-order valence-electron chi connectivity index (χ0n) is 16.2. The van der Waals surface area contributed by atoms with E-state index in [0.717, 1.165) is 10.1 Å². The minimum atomic E-state index is -4.58. The molecule has 0 N–H and O–H groups in total. The minimum Gasteiger partial charge on any atom is -0.445 e. The molecule has 3 aromatic rings. The summed E-state index contributed by atoms with van der Waals surface area (Å²) in [4.78, 5) is 21.8. The second-order valence-electron chi connectivity index (χ2n) is 7.38. The van der Waals surface area contributed by atoms with Crippen molar-refractivity contribution in [3.8, 4) is 0 Å². The second-order valence-corrected chi connectivity index (χ2v) is 7.38. The van der Waals surface area contributed by atoms with E-state index in [-0.39, 0.29) is 30.2 Å². The van der Waals surface area contributed by atoms with E-state index in [4.69, 9.17) is 4.74 Å². The highest BCUT2D eigenvalue weighted by molar-refractivity contribution is 5.71. The van der Waals surface area contributed by atoms with Gasteiger partial charge in [0.2, 0.25) is 5.82 Å². The van der Waals surface area contributed by atoms with Crippen molar-refractivity contribution in [3.63, 3.8) is 0 Å². The number of fused-ring (bicyclic) bond motifs is 1. The number of halogens is 3. The standard InChI is InChI=1S/C21H21F3N4O2/c22-21(23,24)19-26-17-9-4-10-25-18(17)28(19)13-16-8-5-11-27(12-16)20(29)30-14-15-6-2-1-3-7-15/h1-4,6-7,9-10,16H,5,8,11-14H2/t16-/m0/s1. The van der Waals surface area contributed by atoms with Crippen LogP contribution in [0.15, 0.2) is 48.7 Å². The van der Waals surface area contributed by atoms with Crippen LogP contribution in [-0.4, -0.2) is 38.6 Å². The normalized spacial score (nSPS) is 17.3. The number of ether oxygens (including phenoxy) is 1. The van der Waals surface area contributed by atoms with E-state index in [2.05, 4.69) is 9.97 Å². The van der Waals surface area contributed by atoms with Crippen molar-refractivity contribution in [2.24, 2.45) is 5.92 Å². The van der Waals surface area contributed by atoms with Crippen LogP contribution < -0.4 is 0 Å². The molecule has 2 aromatic heterocycles. The summed E-state index contributed by atoms with van der Waals surface area (Å²) in [6, 6.07) is 12.4. The van der Waals surface area contributed by atoms with Crippen molar-refractivity contribution >= 4 is 17.3 Å². The topological polar surface area (TPSA) is 60.2 Å². The number of pyridine rings is 1. The molecule has 9 heteroatoms. The molecular formula is C21H21F3N4O2. The predicted octanol–water partition coefficient (Wildman–Crippen LogP) is 4.50. The van der Waals surface area contributed by atoms with Gasteiger partial charge < -0.3 is 14.2 Å². The van der Waals surface area contributed by atoms with Crippen molar-refractivity contribution < 1.29 is 22.7 Å². The molecule has 0 saturated carbocycles. The van der Waals surface area contributed by atoms with E-state index in [1.54, 1.807) is 11.0 Å². The first-order chi connectivity index (χ1) is 14.4. The lowest BCUT2D eigenvalue weighted by molar-refractivity contribution is -0.147. The third-order valence-electron chi connectivity index (χ3n) is 5.18. The Morgan fingerprint density at radius 3 is 2.73 bits per heavy atom. The molecule has 0 bridgehead atoms. The Morgan fingerprint density at radius 2 is 1.97 bits per heavy atom. The number of rotatable bonds is 4. The van der Waals surface area contributed by atoms with Gasteiger partial charge in [0.25, 0.3) is 0 Å². The average Bonchev–Trinajstić information content (AvgIpc) is 3.12. The molecule has 6 nitrogen and oxygen atoms in total. The molecule has 4 rings (SSSR count). The Hall–Kier alpha value is -3.10. The summed E-state index contributed by atoms with van der Waals surface area (Å²) in [7, 11) is 0. The maximum absolute atomic E-state index is 13.5. The number of nitrogens with zero attached hydrogens (tertiary/aromatic N) is 4. The minimum absolute atomic E-state index is 0.0881. The summed E-state index contributed by atoms with van der Waals surface area (Å²) in [5.41, 5.74) is 1.29. The van der Waals surface area contributed by atoms with Gasteiger partial charge in [-0.15, -0.1) is 0 Å². The van der Waals surface area contributed by atoms with Crippen LogP contribution in [0.5, 0.6) is 0 Å². The van der Waals surface area contributed by atoms with Crippen molar-refractivity contribution in [1.29, 1.82) is 0 Å². The van der Waals surface area contributed by atoms with Gasteiger partial charge in [-0.05, 0) is 36.5 Å². The van der Waals surface area contributed by atoms with E-state index in [1.807, 2.05) is 30.3 Å². The molecule has 158 valence electrons. The Morgan fingerprint density at radius 1 is 1.17 bits per heavy atom. The molecule has 0 unspecified atom stereocenters. The Bertz CT molecular complexity index is 1020. The van der Waals surface area contributed by atoms with Gasteiger partial charge >= 0.3 is 12.3 Å². The second kappa shape index (κ2) is 8.33. The molecule has 1 saturated heterocycles. The van der Waals surface area contributed by atoms with Crippen LogP contribution in [0.25, 0.3) is 11.2 Å². The van der Waals surface area contributed by atoms with Crippen molar-refractivity contribution in [2.75, 3.05) is 13.1 Å². The first kappa shape index (κ1) is 20.2. The largest absolute Gasteiger partial charge is 0.449 e. The third-order valence-corrected chi connectivity index (χ3v) is 5.18. The van der Waals surface area contributed by atoms with Gasteiger partial charge in [0.15, 0.2) is 5.65 Å². The number of piperidine rings is 1. The number of carbonyl (C=O) groups is 1. The van der Waals surface area contributed by atoms with Crippen LogP contribution in [0.3, 0.4) is 0 Å². The summed E-state index contributed by atoms with van der Waals surface area (Å²) < 4.78 is 47.0. The van der Waals surface area contributed by atoms with Gasteiger partial charge in [-0.3, -0.25) is 0 Å². The quantitative estimate of drug-likeness (QED) is 0.626.